The topological polar surface area (TPSA) is 51.0 Å². The van der Waals surface area contributed by atoms with E-state index in [-0.39, 0.29) is 12.0 Å². The summed E-state index contributed by atoms with van der Waals surface area (Å²) < 4.78 is 1.93. The Hall–Kier alpha value is -2.43. The van der Waals surface area contributed by atoms with Crippen molar-refractivity contribution in [2.24, 2.45) is 5.92 Å². The van der Waals surface area contributed by atoms with Crippen LogP contribution in [0.5, 0.6) is 0 Å². The first-order valence-electron chi connectivity index (χ1n) is 8.72. The molecule has 1 aromatic carbocycles. The van der Waals surface area contributed by atoms with Gasteiger partial charge in [-0.25, -0.2) is 4.68 Å². The average molecular weight is 322 g/mol. The second-order valence-electron chi connectivity index (χ2n) is 6.66. The van der Waals surface area contributed by atoms with E-state index in [1.165, 1.54) is 0 Å². The van der Waals surface area contributed by atoms with Crippen molar-refractivity contribution in [2.45, 2.75) is 31.7 Å². The van der Waals surface area contributed by atoms with E-state index >= 15 is 0 Å². The Labute approximate surface area is 142 Å². The van der Waals surface area contributed by atoms with Gasteiger partial charge in [0.25, 0.3) is 0 Å². The summed E-state index contributed by atoms with van der Waals surface area (Å²) in [5.74, 6) is 0.481. The normalized spacial score (nSPS) is 23.6. The molecular formula is C19H22N4O. The van der Waals surface area contributed by atoms with Crippen molar-refractivity contribution < 1.29 is 4.79 Å². The minimum Gasteiger partial charge on any atom is -0.340 e. The van der Waals surface area contributed by atoms with Crippen LogP contribution in [0.4, 0.5) is 0 Å². The van der Waals surface area contributed by atoms with Gasteiger partial charge in [0.2, 0.25) is 5.91 Å². The highest BCUT2D eigenvalue weighted by Crippen LogP contribution is 2.27. The zero-order chi connectivity index (χ0) is 16.4. The van der Waals surface area contributed by atoms with Crippen molar-refractivity contribution in [3.8, 4) is 11.3 Å². The summed E-state index contributed by atoms with van der Waals surface area (Å²) >= 11 is 0. The second-order valence-corrected chi connectivity index (χ2v) is 6.66. The number of amides is 1. The van der Waals surface area contributed by atoms with Crippen molar-refractivity contribution in [3.05, 3.63) is 48.7 Å². The molecule has 2 aliphatic rings. The predicted octanol–water partition coefficient (Wildman–Crippen LogP) is 3.07. The van der Waals surface area contributed by atoms with Gasteiger partial charge >= 0.3 is 0 Å². The Kier molecular flexibility index (Phi) is 4.15. The monoisotopic (exact) mass is 322 g/mol. The third kappa shape index (κ3) is 2.98. The lowest BCUT2D eigenvalue weighted by atomic mass is 9.93. The molecule has 5 nitrogen and oxygen atoms in total. The fraction of sp³-hybridized carbons (Fsp3) is 0.421. The van der Waals surface area contributed by atoms with E-state index in [2.05, 4.69) is 22.5 Å². The summed E-state index contributed by atoms with van der Waals surface area (Å²) in [6, 6.07) is 10.3. The molecule has 0 bridgehead atoms. The fourth-order valence-corrected chi connectivity index (χ4v) is 3.63. The number of rotatable bonds is 3. The number of aromatic nitrogens is 3. The summed E-state index contributed by atoms with van der Waals surface area (Å²) in [5, 5.41) is 8.59. The molecule has 124 valence electrons. The van der Waals surface area contributed by atoms with Gasteiger partial charge in [-0.15, -0.1) is 5.10 Å². The van der Waals surface area contributed by atoms with E-state index in [1.807, 2.05) is 46.1 Å². The SMILES string of the molecule is O=C([C@H]1CC=CCC1)N1CC[C@H](n2cc(-c3ccccc3)nn2)C1. The van der Waals surface area contributed by atoms with Crippen LogP contribution in [-0.4, -0.2) is 38.9 Å². The summed E-state index contributed by atoms with van der Waals surface area (Å²) in [6.45, 7) is 1.57. The highest BCUT2D eigenvalue weighted by Gasteiger charge is 2.32. The number of nitrogens with zero attached hydrogens (tertiary/aromatic N) is 4. The van der Waals surface area contributed by atoms with Gasteiger partial charge in [0, 0.05) is 24.6 Å². The summed E-state index contributed by atoms with van der Waals surface area (Å²) in [4.78, 5) is 14.7. The lowest BCUT2D eigenvalue weighted by Gasteiger charge is -2.24. The van der Waals surface area contributed by atoms with Crippen molar-refractivity contribution >= 4 is 5.91 Å². The quantitative estimate of drug-likeness (QED) is 0.816. The van der Waals surface area contributed by atoms with Gasteiger partial charge < -0.3 is 4.90 Å². The second kappa shape index (κ2) is 6.59. The molecule has 0 N–H and O–H groups in total. The highest BCUT2D eigenvalue weighted by atomic mass is 16.2. The molecule has 0 saturated carbocycles. The Morgan fingerprint density at radius 1 is 1.12 bits per heavy atom. The maximum Gasteiger partial charge on any atom is 0.226 e. The highest BCUT2D eigenvalue weighted by molar-refractivity contribution is 5.79. The molecule has 2 atom stereocenters. The van der Waals surface area contributed by atoms with Crippen LogP contribution in [-0.2, 0) is 4.79 Å². The van der Waals surface area contributed by atoms with Gasteiger partial charge in [-0.1, -0.05) is 47.7 Å². The zero-order valence-electron chi connectivity index (χ0n) is 13.7. The van der Waals surface area contributed by atoms with Gasteiger partial charge in [-0.05, 0) is 25.7 Å². The minimum absolute atomic E-state index is 0.171. The van der Waals surface area contributed by atoms with Crippen LogP contribution >= 0.6 is 0 Å². The van der Waals surface area contributed by atoms with Crippen molar-refractivity contribution in [3.63, 3.8) is 0 Å². The number of carbonyl (C=O) groups is 1. The van der Waals surface area contributed by atoms with Gasteiger partial charge in [0.1, 0.15) is 5.69 Å². The number of likely N-dealkylation sites (tertiary alicyclic amines) is 1. The molecule has 2 heterocycles. The lowest BCUT2D eigenvalue weighted by Crippen LogP contribution is -2.35. The molecule has 1 fully saturated rings. The summed E-state index contributed by atoms with van der Waals surface area (Å²) in [6.07, 6.45) is 10.2. The molecule has 4 rings (SSSR count). The molecular weight excluding hydrogens is 300 g/mol. The smallest absolute Gasteiger partial charge is 0.226 e. The van der Waals surface area contributed by atoms with Gasteiger partial charge in [0.15, 0.2) is 0 Å². The summed E-state index contributed by atoms with van der Waals surface area (Å²) in [5.41, 5.74) is 1.96. The molecule has 0 radical (unpaired) electrons. The lowest BCUT2D eigenvalue weighted by molar-refractivity contribution is -0.134. The Balaban J connectivity index is 1.43. The number of allylic oxidation sites excluding steroid dienone is 2. The van der Waals surface area contributed by atoms with Crippen LogP contribution < -0.4 is 0 Å². The summed E-state index contributed by atoms with van der Waals surface area (Å²) in [7, 11) is 0. The van der Waals surface area contributed by atoms with E-state index in [9.17, 15) is 4.79 Å². The maximum absolute atomic E-state index is 12.7. The number of hydrogen-bond donors (Lipinski definition) is 0. The van der Waals surface area contributed by atoms with E-state index < -0.39 is 0 Å². The third-order valence-electron chi connectivity index (χ3n) is 5.05. The number of hydrogen-bond acceptors (Lipinski definition) is 3. The Morgan fingerprint density at radius 3 is 2.79 bits per heavy atom. The van der Waals surface area contributed by atoms with Crippen LogP contribution in [0.2, 0.25) is 0 Å². The predicted molar refractivity (Wildman–Crippen MR) is 92.2 cm³/mol. The first kappa shape index (κ1) is 15.1. The van der Waals surface area contributed by atoms with Crippen LogP contribution in [0.15, 0.2) is 48.7 Å². The molecule has 1 aromatic heterocycles. The van der Waals surface area contributed by atoms with Gasteiger partial charge in [-0.2, -0.15) is 0 Å². The molecule has 1 amide bonds. The van der Waals surface area contributed by atoms with E-state index in [0.717, 1.165) is 50.0 Å². The standard InChI is InChI=1S/C19H22N4O/c24-19(16-9-5-2-6-10-16)22-12-11-17(13-22)23-14-18(20-21-23)15-7-3-1-4-8-15/h1-5,7-8,14,16-17H,6,9-13H2/t16-,17-/m0/s1. The molecule has 1 aliphatic carbocycles. The molecule has 0 spiro atoms. The zero-order valence-corrected chi connectivity index (χ0v) is 13.7. The molecule has 0 unspecified atom stereocenters. The first-order valence-corrected chi connectivity index (χ1v) is 8.72. The van der Waals surface area contributed by atoms with Crippen molar-refractivity contribution in [1.29, 1.82) is 0 Å². The largest absolute Gasteiger partial charge is 0.340 e. The van der Waals surface area contributed by atoms with Crippen molar-refractivity contribution in [2.75, 3.05) is 13.1 Å². The molecule has 1 aliphatic heterocycles. The van der Waals surface area contributed by atoms with E-state index in [1.54, 1.807) is 0 Å². The van der Waals surface area contributed by atoms with E-state index in [0.29, 0.717) is 5.91 Å². The molecule has 1 saturated heterocycles. The molecule has 2 aromatic rings. The minimum atomic E-state index is 0.171. The van der Waals surface area contributed by atoms with Gasteiger partial charge in [0.05, 0.1) is 12.2 Å². The average Bonchev–Trinajstić information content (AvgIpc) is 3.32. The van der Waals surface area contributed by atoms with Crippen LogP contribution in [0.25, 0.3) is 11.3 Å². The first-order chi connectivity index (χ1) is 11.8. The number of carbonyl (C=O) groups excluding carboxylic acids is 1. The maximum atomic E-state index is 12.7. The van der Waals surface area contributed by atoms with Gasteiger partial charge in [-0.3, -0.25) is 4.79 Å². The Bertz CT molecular complexity index is 737. The molecule has 5 heteroatoms. The van der Waals surface area contributed by atoms with Crippen LogP contribution in [0.3, 0.4) is 0 Å². The Morgan fingerprint density at radius 2 is 2.00 bits per heavy atom. The van der Waals surface area contributed by atoms with Crippen molar-refractivity contribution in [1.82, 2.24) is 19.9 Å². The third-order valence-corrected chi connectivity index (χ3v) is 5.05. The van der Waals surface area contributed by atoms with E-state index in [4.69, 9.17) is 0 Å². The molecule has 24 heavy (non-hydrogen) atoms. The van der Waals surface area contributed by atoms with Crippen LogP contribution in [0, 0.1) is 5.92 Å². The fourth-order valence-electron chi connectivity index (χ4n) is 3.63. The van der Waals surface area contributed by atoms with Crippen LogP contribution in [0.1, 0.15) is 31.7 Å². The number of benzene rings is 1.